The smallest absolute Gasteiger partial charge is 0.329 e. The Kier molecular flexibility index (Phi) is 8.55. The highest BCUT2D eigenvalue weighted by Gasteiger charge is 2.38. The molecule has 3 saturated heterocycles. The number of likely N-dealkylation sites (tertiary alicyclic amines) is 1. The number of carbonyl (C=O) groups is 4. The lowest BCUT2D eigenvalue weighted by molar-refractivity contribution is -0.135. The number of phenolic OH excluding ortho intramolecular Hbond substituents is 1. The van der Waals surface area contributed by atoms with Gasteiger partial charge in [-0.05, 0) is 73.7 Å². The maximum atomic E-state index is 15.4. The highest BCUT2D eigenvalue weighted by molar-refractivity contribution is 7.92. The Morgan fingerprint density at radius 2 is 1.82 bits per heavy atom. The normalized spacial score (nSPS) is 22.4. The number of β-amino-alcohol motifs (C(OH)–C–C–N with tert-alkyl or cyclic N) is 1. The number of aryl methyl sites for hydroxylation is 1. The summed E-state index contributed by atoms with van der Waals surface area (Å²) in [7, 11) is -4.36. The molecule has 0 saturated carbocycles. The lowest BCUT2D eigenvalue weighted by Gasteiger charge is -2.35. The molecule has 5 N–H and O–H groups in total. The van der Waals surface area contributed by atoms with Crippen molar-refractivity contribution in [3.63, 3.8) is 0 Å². The van der Waals surface area contributed by atoms with Gasteiger partial charge in [0.1, 0.15) is 24.0 Å². The van der Waals surface area contributed by atoms with E-state index in [4.69, 9.17) is 0 Å². The molecule has 51 heavy (non-hydrogen) atoms. The molecule has 3 atom stereocenters. The topological polar surface area (TPSA) is 212 Å². The maximum Gasteiger partial charge on any atom is 0.329 e. The van der Waals surface area contributed by atoms with Crippen molar-refractivity contribution in [3.05, 3.63) is 64.3 Å². The van der Waals surface area contributed by atoms with Gasteiger partial charge in [0.05, 0.1) is 23.7 Å². The van der Waals surface area contributed by atoms with Crippen LogP contribution in [-0.4, -0.2) is 88.6 Å². The third kappa shape index (κ3) is 6.08. The van der Waals surface area contributed by atoms with Gasteiger partial charge in [0, 0.05) is 36.5 Å². The number of piperidine rings is 2. The number of imidazole rings is 1. The van der Waals surface area contributed by atoms with Gasteiger partial charge >= 0.3 is 15.9 Å². The van der Waals surface area contributed by atoms with Crippen molar-refractivity contribution in [2.24, 2.45) is 0 Å². The fraction of sp³-hybridized carbons (Fsp3) is 0.364. The van der Waals surface area contributed by atoms with Crippen LogP contribution in [0.2, 0.25) is 0 Å². The van der Waals surface area contributed by atoms with E-state index in [1.165, 1.54) is 22.8 Å². The summed E-state index contributed by atoms with van der Waals surface area (Å²) >= 11 is 0. The monoisotopic (exact) mass is 723 g/mol. The molecule has 1 unspecified atom stereocenters. The van der Waals surface area contributed by atoms with Gasteiger partial charge < -0.3 is 15.5 Å². The third-order valence-corrected chi connectivity index (χ3v) is 11.0. The van der Waals surface area contributed by atoms with E-state index in [1.54, 1.807) is 20.3 Å². The number of nitrogens with one attached hydrogen (secondary N) is 3. The number of hydrogen-bond acceptors (Lipinski definition) is 10. The fourth-order valence-corrected chi connectivity index (χ4v) is 8.46. The van der Waals surface area contributed by atoms with Gasteiger partial charge in [-0.1, -0.05) is 6.07 Å². The molecule has 0 radical (unpaired) electrons. The molecule has 3 fully saturated rings. The minimum atomic E-state index is -4.36. The Hall–Kier alpha value is -5.33. The summed E-state index contributed by atoms with van der Waals surface area (Å²) in [6, 6.07) is 9.94. The van der Waals surface area contributed by atoms with Crippen LogP contribution in [0.4, 0.5) is 15.8 Å². The summed E-state index contributed by atoms with van der Waals surface area (Å²) in [6.45, 7) is 2.09. The second kappa shape index (κ2) is 12.8. The number of nitrogens with zero attached hydrogens (tertiary/aromatic N) is 4. The predicted molar refractivity (Wildman–Crippen MR) is 182 cm³/mol. The van der Waals surface area contributed by atoms with Crippen molar-refractivity contribution in [3.8, 4) is 5.75 Å². The molecule has 16 nitrogen and oxygen atoms in total. The van der Waals surface area contributed by atoms with Gasteiger partial charge in [-0.25, -0.2) is 18.2 Å². The van der Waals surface area contributed by atoms with Crippen molar-refractivity contribution in [2.75, 3.05) is 35.8 Å². The summed E-state index contributed by atoms with van der Waals surface area (Å²) in [5, 5.41) is 26.9. The Morgan fingerprint density at radius 3 is 2.51 bits per heavy atom. The highest BCUT2D eigenvalue weighted by atomic mass is 32.2. The minimum absolute atomic E-state index is 0.0396. The van der Waals surface area contributed by atoms with Crippen LogP contribution in [0.15, 0.2) is 47.3 Å². The molecular formula is C33H34FN7O9S. The minimum Gasteiger partial charge on any atom is -0.506 e. The van der Waals surface area contributed by atoms with Crippen LogP contribution in [0.25, 0.3) is 21.8 Å². The summed E-state index contributed by atoms with van der Waals surface area (Å²) < 4.78 is 45.1. The molecule has 0 aliphatic carbocycles. The van der Waals surface area contributed by atoms with E-state index in [2.05, 4.69) is 10.6 Å². The summed E-state index contributed by atoms with van der Waals surface area (Å²) in [5.41, 5.74) is 1.26. The first-order valence-corrected chi connectivity index (χ1v) is 17.8. The molecule has 0 bridgehead atoms. The Labute approximate surface area is 289 Å². The highest BCUT2D eigenvalue weighted by Crippen LogP contribution is 2.39. The zero-order chi connectivity index (χ0) is 36.4. The standard InChI is InChI=1S/C33H34FN7O9S/c1-2-39-24-12-17(3-6-22(24)41(33(39)48)23-7-8-27(44)36-32(23)47)20-9-10-38(14-26(20)43)15-28(45)35-19-4-5-21-18(11-19)13-25(42)31(30(21)34)40-16-29(46)37-51(40,49)50/h3-6,11-13,20,23,26,42-43H,2,7-10,14-16H2,1H3,(H,35,45)(H,37,46)(H,36,44,47)/t20-,23?,26+/m0/s1. The molecule has 3 aliphatic heterocycles. The Balaban J connectivity index is 1.03. The number of anilines is 2. The van der Waals surface area contributed by atoms with Gasteiger partial charge in [0.15, 0.2) is 5.82 Å². The number of fused-ring (bicyclic) bond motifs is 2. The van der Waals surface area contributed by atoms with Crippen molar-refractivity contribution in [2.45, 2.75) is 50.8 Å². The van der Waals surface area contributed by atoms with Crippen molar-refractivity contribution in [1.82, 2.24) is 24.1 Å². The zero-order valence-electron chi connectivity index (χ0n) is 27.3. The van der Waals surface area contributed by atoms with Crippen LogP contribution in [0, 0.1) is 5.82 Å². The van der Waals surface area contributed by atoms with Crippen LogP contribution in [-0.2, 0) is 35.9 Å². The van der Waals surface area contributed by atoms with Crippen molar-refractivity contribution >= 4 is 67.0 Å². The van der Waals surface area contributed by atoms with Crippen molar-refractivity contribution in [1.29, 1.82) is 0 Å². The molecule has 18 heteroatoms. The fourth-order valence-electron chi connectivity index (χ4n) is 7.29. The van der Waals surface area contributed by atoms with Crippen LogP contribution < -0.4 is 25.4 Å². The molecule has 4 amide bonds. The van der Waals surface area contributed by atoms with E-state index >= 15 is 4.39 Å². The first-order valence-electron chi connectivity index (χ1n) is 16.3. The summed E-state index contributed by atoms with van der Waals surface area (Å²) in [5.74, 6) is -4.20. The number of halogens is 1. The average Bonchev–Trinajstić information content (AvgIpc) is 3.49. The van der Waals surface area contributed by atoms with Crippen molar-refractivity contribution < 1.29 is 42.2 Å². The number of aliphatic hydroxyl groups excluding tert-OH is 1. The first kappa shape index (κ1) is 34.1. The maximum absolute atomic E-state index is 15.4. The van der Waals surface area contributed by atoms with E-state index < -0.39 is 63.9 Å². The number of benzene rings is 3. The number of aliphatic hydroxyl groups is 1. The second-order valence-electron chi connectivity index (χ2n) is 12.9. The lowest BCUT2D eigenvalue weighted by atomic mass is 9.87. The van der Waals surface area contributed by atoms with Gasteiger partial charge in [0.25, 0.3) is 5.91 Å². The number of rotatable bonds is 7. The van der Waals surface area contributed by atoms with Crippen LogP contribution in [0.1, 0.15) is 43.7 Å². The molecule has 268 valence electrons. The average molecular weight is 724 g/mol. The molecule has 7 rings (SSSR count). The predicted octanol–water partition coefficient (Wildman–Crippen LogP) is 0.768. The molecule has 0 spiro atoms. The van der Waals surface area contributed by atoms with Gasteiger partial charge in [-0.2, -0.15) is 8.42 Å². The SMILES string of the molecule is CCn1c(=O)n(C2CCC(=O)NC2=O)c2ccc([C@@H]3CCN(CC(=O)Nc4ccc5c(F)c(N6CC(=O)NS6(=O)=O)c(O)cc5c4)C[C@H]3O)cc21. The number of imide groups is 1. The van der Waals surface area contributed by atoms with E-state index in [0.29, 0.717) is 40.5 Å². The Morgan fingerprint density at radius 1 is 1.04 bits per heavy atom. The summed E-state index contributed by atoms with van der Waals surface area (Å²) in [4.78, 5) is 64.1. The molecule has 4 heterocycles. The Bertz CT molecular complexity index is 2320. The molecule has 1 aromatic heterocycles. The van der Waals surface area contributed by atoms with Gasteiger partial charge in [0.2, 0.25) is 17.7 Å². The quantitative estimate of drug-likeness (QED) is 0.169. The largest absolute Gasteiger partial charge is 0.506 e. The summed E-state index contributed by atoms with van der Waals surface area (Å²) in [6.07, 6.45) is 0.0238. The van der Waals surface area contributed by atoms with E-state index in [0.717, 1.165) is 11.6 Å². The van der Waals surface area contributed by atoms with Crippen LogP contribution >= 0.6 is 0 Å². The molecule has 3 aliphatic rings. The lowest BCUT2D eigenvalue weighted by Crippen LogP contribution is -2.45. The molecule has 3 aromatic carbocycles. The van der Waals surface area contributed by atoms with Gasteiger partial charge in [-0.15, -0.1) is 0 Å². The third-order valence-electron chi connectivity index (χ3n) is 9.67. The number of carbonyl (C=O) groups excluding carboxylic acids is 4. The zero-order valence-corrected chi connectivity index (χ0v) is 28.1. The van der Waals surface area contributed by atoms with E-state index in [1.807, 2.05) is 19.1 Å². The number of hydrogen-bond donors (Lipinski definition) is 5. The number of aromatic hydroxyl groups is 1. The number of amides is 4. The molecule has 4 aromatic rings. The first-order chi connectivity index (χ1) is 24.2. The van der Waals surface area contributed by atoms with Crippen LogP contribution in [0.3, 0.4) is 0 Å². The van der Waals surface area contributed by atoms with E-state index in [9.17, 15) is 42.6 Å². The number of phenols is 1. The second-order valence-corrected chi connectivity index (χ2v) is 14.5. The van der Waals surface area contributed by atoms with Gasteiger partial charge in [-0.3, -0.25) is 38.5 Å². The van der Waals surface area contributed by atoms with Crippen LogP contribution in [0.5, 0.6) is 5.75 Å². The number of aromatic nitrogens is 2. The van der Waals surface area contributed by atoms with E-state index in [-0.39, 0.29) is 54.2 Å². The molecular weight excluding hydrogens is 689 g/mol.